The first kappa shape index (κ1) is 21.2. The number of ether oxygens (including phenoxy) is 1. The Bertz CT molecular complexity index is 930. The first-order valence-electron chi connectivity index (χ1n) is 9.44. The van der Waals surface area contributed by atoms with Gasteiger partial charge in [-0.3, -0.25) is 29.4 Å². The highest BCUT2D eigenvalue weighted by atomic mass is 16.6. The molecule has 0 radical (unpaired) electrons. The van der Waals surface area contributed by atoms with E-state index in [0.717, 1.165) is 4.90 Å². The van der Waals surface area contributed by atoms with E-state index in [9.17, 15) is 29.3 Å². The molecule has 1 saturated heterocycles. The summed E-state index contributed by atoms with van der Waals surface area (Å²) in [6, 6.07) is 2.85. The van der Waals surface area contributed by atoms with Crippen molar-refractivity contribution < 1.29 is 28.8 Å². The number of amides is 3. The maximum absolute atomic E-state index is 12.5. The maximum atomic E-state index is 12.5. The average Bonchev–Trinajstić information content (AvgIpc) is 2.97. The van der Waals surface area contributed by atoms with E-state index in [-0.39, 0.29) is 11.4 Å². The van der Waals surface area contributed by atoms with E-state index in [4.69, 9.17) is 4.74 Å². The molecule has 1 aliphatic heterocycles. The highest BCUT2D eigenvalue weighted by Gasteiger charge is 2.50. The number of esters is 1. The largest absolute Gasteiger partial charge is 0.454 e. The molecule has 1 aromatic rings. The fourth-order valence-electron chi connectivity index (χ4n) is 3.61. The van der Waals surface area contributed by atoms with Crippen LogP contribution in [0.2, 0.25) is 0 Å². The zero-order valence-electron chi connectivity index (χ0n) is 16.5. The lowest BCUT2D eigenvalue weighted by Gasteiger charge is -2.21. The number of imide groups is 1. The number of hydrogen-bond donors (Lipinski definition) is 1. The summed E-state index contributed by atoms with van der Waals surface area (Å²) in [5, 5.41) is 13.3. The molecular formula is C20H21N3O7. The van der Waals surface area contributed by atoms with Crippen molar-refractivity contribution in [2.24, 2.45) is 11.8 Å². The van der Waals surface area contributed by atoms with Crippen molar-refractivity contribution in [2.75, 3.05) is 11.9 Å². The summed E-state index contributed by atoms with van der Waals surface area (Å²) in [5.74, 6) is -3.31. The number of nitrogens with zero attached hydrogens (tertiary/aromatic N) is 2. The van der Waals surface area contributed by atoms with Gasteiger partial charge < -0.3 is 10.1 Å². The number of rotatable bonds is 6. The number of non-ortho nitro benzene ring substituents is 1. The number of hydrogen-bond acceptors (Lipinski definition) is 7. The number of carbonyl (C=O) groups excluding carboxylic acids is 4. The number of nitro groups is 1. The van der Waals surface area contributed by atoms with Crippen molar-refractivity contribution in [3.8, 4) is 0 Å². The van der Waals surface area contributed by atoms with Crippen LogP contribution in [0.3, 0.4) is 0 Å². The number of benzene rings is 1. The van der Waals surface area contributed by atoms with Gasteiger partial charge in [0.05, 0.1) is 22.4 Å². The third kappa shape index (κ3) is 4.07. The van der Waals surface area contributed by atoms with Crippen molar-refractivity contribution in [3.63, 3.8) is 0 Å². The Morgan fingerprint density at radius 2 is 1.83 bits per heavy atom. The lowest BCUT2D eigenvalue weighted by molar-refractivity contribution is -0.384. The molecular weight excluding hydrogens is 394 g/mol. The molecule has 0 aromatic heterocycles. The minimum Gasteiger partial charge on any atom is -0.454 e. The highest BCUT2D eigenvalue weighted by molar-refractivity contribution is 6.08. The number of nitrogens with one attached hydrogen (secondary N) is 1. The molecule has 10 heteroatoms. The van der Waals surface area contributed by atoms with Crippen molar-refractivity contribution in [3.05, 3.63) is 46.0 Å². The Morgan fingerprint density at radius 3 is 2.40 bits per heavy atom. The average molecular weight is 415 g/mol. The van der Waals surface area contributed by atoms with Crippen LogP contribution in [0.1, 0.15) is 25.3 Å². The minimum absolute atomic E-state index is 0.191. The normalized spacial score (nSPS) is 21.2. The van der Waals surface area contributed by atoms with Crippen LogP contribution in [0.4, 0.5) is 11.4 Å². The summed E-state index contributed by atoms with van der Waals surface area (Å²) in [6.45, 7) is 2.38. The van der Waals surface area contributed by atoms with Crippen LogP contribution in [-0.2, 0) is 23.9 Å². The summed E-state index contributed by atoms with van der Waals surface area (Å²) in [7, 11) is 0. The zero-order chi connectivity index (χ0) is 22.0. The van der Waals surface area contributed by atoms with E-state index >= 15 is 0 Å². The molecule has 3 atom stereocenters. The van der Waals surface area contributed by atoms with E-state index in [1.807, 2.05) is 12.2 Å². The van der Waals surface area contributed by atoms with Crippen LogP contribution in [-0.4, -0.2) is 46.2 Å². The van der Waals surface area contributed by atoms with Crippen LogP contribution < -0.4 is 5.32 Å². The van der Waals surface area contributed by atoms with E-state index in [1.54, 1.807) is 6.92 Å². The van der Waals surface area contributed by atoms with Crippen LogP contribution in [0.5, 0.6) is 0 Å². The fourth-order valence-corrected chi connectivity index (χ4v) is 3.61. The van der Waals surface area contributed by atoms with Gasteiger partial charge in [-0.1, -0.05) is 18.2 Å². The molecule has 158 valence electrons. The summed E-state index contributed by atoms with van der Waals surface area (Å²) in [5.41, 5.74) is 0.626. The van der Waals surface area contributed by atoms with Crippen LogP contribution in [0.15, 0.2) is 30.4 Å². The molecule has 3 amide bonds. The van der Waals surface area contributed by atoms with Crippen molar-refractivity contribution in [2.45, 2.75) is 32.7 Å². The van der Waals surface area contributed by atoms with Gasteiger partial charge in [0.25, 0.3) is 11.6 Å². The van der Waals surface area contributed by atoms with Gasteiger partial charge in [0.1, 0.15) is 6.04 Å². The van der Waals surface area contributed by atoms with Crippen molar-refractivity contribution in [1.82, 2.24) is 4.90 Å². The lowest BCUT2D eigenvalue weighted by Crippen LogP contribution is -2.45. The smallest absolute Gasteiger partial charge is 0.329 e. The Balaban J connectivity index is 1.58. The molecule has 0 spiro atoms. The van der Waals surface area contributed by atoms with E-state index in [2.05, 4.69) is 5.32 Å². The number of aryl methyl sites for hydroxylation is 1. The van der Waals surface area contributed by atoms with Gasteiger partial charge in [0, 0.05) is 12.1 Å². The Kier molecular flexibility index (Phi) is 5.95. The Morgan fingerprint density at radius 1 is 1.23 bits per heavy atom. The topological polar surface area (TPSA) is 136 Å². The molecule has 2 aliphatic rings. The Hall–Kier alpha value is -3.56. The third-order valence-electron chi connectivity index (χ3n) is 5.32. The van der Waals surface area contributed by atoms with E-state index in [1.165, 1.54) is 25.1 Å². The zero-order valence-corrected chi connectivity index (χ0v) is 16.5. The number of likely N-dealkylation sites (tertiary alicyclic amines) is 1. The fraction of sp³-hybridized carbons (Fsp3) is 0.400. The molecule has 30 heavy (non-hydrogen) atoms. The number of nitro benzene ring substituents is 1. The molecule has 1 fully saturated rings. The number of anilines is 1. The molecule has 1 heterocycles. The standard InChI is InChI=1S/C20H21N3O7/c1-11-7-8-13(23(28)29)9-16(11)21-17(24)10-30-20(27)12(2)22-18(25)14-5-3-4-6-15(14)19(22)26/h3-4,7-9,12,14-15H,5-6,10H2,1-2H3,(H,21,24)/t12-,14-,15+/m0/s1. The summed E-state index contributed by atoms with van der Waals surface area (Å²) in [6.07, 6.45) is 4.61. The van der Waals surface area contributed by atoms with Gasteiger partial charge in [-0.15, -0.1) is 0 Å². The van der Waals surface area contributed by atoms with E-state index in [0.29, 0.717) is 18.4 Å². The molecule has 3 rings (SSSR count). The number of carbonyl (C=O) groups is 4. The molecule has 1 aromatic carbocycles. The minimum atomic E-state index is -1.15. The Labute approximate surface area is 172 Å². The number of allylic oxidation sites excluding steroid dienone is 2. The van der Waals surface area contributed by atoms with Gasteiger partial charge in [-0.25, -0.2) is 4.79 Å². The monoisotopic (exact) mass is 415 g/mol. The van der Waals surface area contributed by atoms with Gasteiger partial charge in [0.15, 0.2) is 6.61 Å². The second kappa shape index (κ2) is 8.44. The van der Waals surface area contributed by atoms with Gasteiger partial charge >= 0.3 is 5.97 Å². The first-order valence-corrected chi connectivity index (χ1v) is 9.44. The van der Waals surface area contributed by atoms with E-state index < -0.39 is 53.1 Å². The van der Waals surface area contributed by atoms with Gasteiger partial charge in [0.2, 0.25) is 11.8 Å². The predicted molar refractivity (Wildman–Crippen MR) is 104 cm³/mol. The van der Waals surface area contributed by atoms with Crippen molar-refractivity contribution in [1.29, 1.82) is 0 Å². The SMILES string of the molecule is Cc1ccc([N+](=O)[O-])cc1NC(=O)COC(=O)[C@H](C)N1C(=O)[C@H]2CC=CC[C@H]2C1=O. The quantitative estimate of drug-likeness (QED) is 0.246. The second-order valence-electron chi connectivity index (χ2n) is 7.29. The van der Waals surface area contributed by atoms with Crippen LogP contribution in [0, 0.1) is 28.9 Å². The number of fused-ring (bicyclic) bond motifs is 1. The molecule has 0 unspecified atom stereocenters. The molecule has 0 saturated carbocycles. The summed E-state index contributed by atoms with van der Waals surface area (Å²) >= 11 is 0. The summed E-state index contributed by atoms with van der Waals surface area (Å²) in [4.78, 5) is 60.7. The molecule has 1 N–H and O–H groups in total. The van der Waals surface area contributed by atoms with Gasteiger partial charge in [-0.2, -0.15) is 0 Å². The van der Waals surface area contributed by atoms with Crippen LogP contribution >= 0.6 is 0 Å². The molecule has 1 aliphatic carbocycles. The molecule has 10 nitrogen and oxygen atoms in total. The predicted octanol–water partition coefficient (Wildman–Crippen LogP) is 1.72. The third-order valence-corrected chi connectivity index (χ3v) is 5.32. The highest BCUT2D eigenvalue weighted by Crippen LogP contribution is 2.36. The van der Waals surface area contributed by atoms with Crippen LogP contribution in [0.25, 0.3) is 0 Å². The molecule has 0 bridgehead atoms. The maximum Gasteiger partial charge on any atom is 0.329 e. The second-order valence-corrected chi connectivity index (χ2v) is 7.29. The van der Waals surface area contributed by atoms with Crippen molar-refractivity contribution >= 4 is 35.1 Å². The first-order chi connectivity index (χ1) is 14.2. The van der Waals surface area contributed by atoms with Gasteiger partial charge in [-0.05, 0) is 32.3 Å². The lowest BCUT2D eigenvalue weighted by atomic mass is 9.85. The summed E-state index contributed by atoms with van der Waals surface area (Å²) < 4.78 is 4.97.